The van der Waals surface area contributed by atoms with Gasteiger partial charge in [-0.3, -0.25) is 0 Å². The van der Waals surface area contributed by atoms with E-state index in [9.17, 15) is 0 Å². The molecule has 0 N–H and O–H groups in total. The van der Waals surface area contributed by atoms with Gasteiger partial charge in [-0.2, -0.15) is 0 Å². The van der Waals surface area contributed by atoms with Gasteiger partial charge in [0.15, 0.2) is 13.6 Å². The number of rotatable bonds is 13. The number of hydrogen-bond donors (Lipinski definition) is 0. The number of unbranched alkanes of at least 4 members (excludes halogenated alkanes) is 3. The lowest BCUT2D eigenvalue weighted by Crippen LogP contribution is -2.06. The van der Waals surface area contributed by atoms with Crippen LogP contribution in [0.2, 0.25) is 0 Å². The molecule has 0 atom stereocenters. The molecule has 0 aliphatic rings. The van der Waals surface area contributed by atoms with Crippen LogP contribution in [-0.2, 0) is 15.9 Å². The largest absolute Gasteiger partial charge is 0.467 e. The van der Waals surface area contributed by atoms with Crippen molar-refractivity contribution < 1.29 is 18.9 Å². The summed E-state index contributed by atoms with van der Waals surface area (Å²) < 4.78 is 21.8. The van der Waals surface area contributed by atoms with Gasteiger partial charge in [0.25, 0.3) is 0 Å². The summed E-state index contributed by atoms with van der Waals surface area (Å²) in [6.45, 7) is 7.94. The Morgan fingerprint density at radius 3 is 2.23 bits per heavy atom. The zero-order valence-corrected chi connectivity index (χ0v) is 14.2. The van der Waals surface area contributed by atoms with Crippen LogP contribution in [0.1, 0.15) is 52.0 Å². The Hall–Kier alpha value is -1.26. The Kier molecular flexibility index (Phi) is 10.5. The molecule has 0 aromatic heterocycles. The monoisotopic (exact) mass is 310 g/mol. The summed E-state index contributed by atoms with van der Waals surface area (Å²) in [7, 11) is 0. The van der Waals surface area contributed by atoms with Crippen molar-refractivity contribution in [1.82, 2.24) is 0 Å². The second kappa shape index (κ2) is 12.3. The molecule has 0 fully saturated rings. The fourth-order valence-corrected chi connectivity index (χ4v) is 2.09. The Morgan fingerprint density at radius 2 is 1.55 bits per heavy atom. The molecular formula is C18H30O4. The topological polar surface area (TPSA) is 36.9 Å². The fourth-order valence-electron chi connectivity index (χ4n) is 2.09. The van der Waals surface area contributed by atoms with E-state index in [1.54, 1.807) is 0 Å². The molecule has 0 bridgehead atoms. The number of ether oxygens (including phenoxy) is 4. The highest BCUT2D eigenvalue weighted by atomic mass is 16.7. The molecular weight excluding hydrogens is 280 g/mol. The third kappa shape index (κ3) is 7.66. The molecule has 126 valence electrons. The van der Waals surface area contributed by atoms with E-state index in [1.807, 2.05) is 26.0 Å². The van der Waals surface area contributed by atoms with Gasteiger partial charge in [-0.1, -0.05) is 32.3 Å². The average Bonchev–Trinajstić information content (AvgIpc) is 2.53. The van der Waals surface area contributed by atoms with Gasteiger partial charge in [-0.25, -0.2) is 0 Å². The quantitative estimate of drug-likeness (QED) is 0.395. The minimum atomic E-state index is 0.261. The van der Waals surface area contributed by atoms with E-state index in [1.165, 1.54) is 31.2 Å². The summed E-state index contributed by atoms with van der Waals surface area (Å²) in [6, 6.07) is 5.98. The first-order valence-electron chi connectivity index (χ1n) is 8.35. The lowest BCUT2D eigenvalue weighted by Gasteiger charge is -2.14. The van der Waals surface area contributed by atoms with Crippen molar-refractivity contribution in [2.45, 2.75) is 52.9 Å². The minimum Gasteiger partial charge on any atom is -0.467 e. The smallest absolute Gasteiger partial charge is 0.189 e. The van der Waals surface area contributed by atoms with Crippen LogP contribution in [-0.4, -0.2) is 26.8 Å². The van der Waals surface area contributed by atoms with Crippen LogP contribution in [0.4, 0.5) is 0 Å². The Bertz CT molecular complexity index is 393. The molecule has 0 heterocycles. The Labute approximate surface area is 134 Å². The highest BCUT2D eigenvalue weighted by Gasteiger charge is 2.07. The maximum Gasteiger partial charge on any atom is 0.189 e. The van der Waals surface area contributed by atoms with Gasteiger partial charge in [-0.15, -0.1) is 0 Å². The highest BCUT2D eigenvalue weighted by Crippen LogP contribution is 2.27. The maximum absolute atomic E-state index is 5.74. The summed E-state index contributed by atoms with van der Waals surface area (Å²) in [5, 5.41) is 0. The molecule has 0 aliphatic carbocycles. The zero-order valence-electron chi connectivity index (χ0n) is 14.2. The Balaban J connectivity index is 2.62. The third-order valence-corrected chi connectivity index (χ3v) is 3.35. The van der Waals surface area contributed by atoms with Gasteiger partial charge in [0.1, 0.15) is 11.5 Å². The van der Waals surface area contributed by atoms with Crippen molar-refractivity contribution in [3.8, 4) is 11.5 Å². The van der Waals surface area contributed by atoms with E-state index < -0.39 is 0 Å². The van der Waals surface area contributed by atoms with E-state index in [-0.39, 0.29) is 13.6 Å². The van der Waals surface area contributed by atoms with Gasteiger partial charge in [0, 0.05) is 19.3 Å². The summed E-state index contributed by atoms with van der Waals surface area (Å²) in [6.07, 6.45) is 5.98. The SMILES string of the molecule is CCCCCCc1ccc(OCOCC)cc1OCOCC. The fraction of sp³-hybridized carbons (Fsp3) is 0.667. The molecule has 0 saturated carbocycles. The second-order valence-corrected chi connectivity index (χ2v) is 5.09. The number of aryl methyl sites for hydroxylation is 1. The second-order valence-electron chi connectivity index (χ2n) is 5.09. The Morgan fingerprint density at radius 1 is 0.818 bits per heavy atom. The standard InChI is InChI=1S/C18H30O4/c1-4-7-8-9-10-16-11-12-17(21-14-19-5-2)13-18(16)22-15-20-6-3/h11-13H,4-10,14-15H2,1-3H3. The van der Waals surface area contributed by atoms with E-state index in [0.29, 0.717) is 13.2 Å². The van der Waals surface area contributed by atoms with Crippen molar-refractivity contribution in [2.24, 2.45) is 0 Å². The number of hydrogen-bond acceptors (Lipinski definition) is 4. The molecule has 4 heteroatoms. The van der Waals surface area contributed by atoms with Gasteiger partial charge < -0.3 is 18.9 Å². The van der Waals surface area contributed by atoms with Crippen LogP contribution < -0.4 is 9.47 Å². The number of benzene rings is 1. The summed E-state index contributed by atoms with van der Waals surface area (Å²) in [5.41, 5.74) is 1.21. The van der Waals surface area contributed by atoms with Gasteiger partial charge >= 0.3 is 0 Å². The van der Waals surface area contributed by atoms with E-state index in [2.05, 4.69) is 13.0 Å². The van der Waals surface area contributed by atoms with Crippen LogP contribution in [0.5, 0.6) is 11.5 Å². The van der Waals surface area contributed by atoms with Gasteiger partial charge in [0.05, 0.1) is 0 Å². The molecule has 22 heavy (non-hydrogen) atoms. The molecule has 0 saturated heterocycles. The van der Waals surface area contributed by atoms with Crippen LogP contribution in [0, 0.1) is 0 Å². The first-order chi connectivity index (χ1) is 10.8. The molecule has 4 nitrogen and oxygen atoms in total. The first kappa shape index (κ1) is 18.8. The summed E-state index contributed by atoms with van der Waals surface area (Å²) >= 11 is 0. The van der Waals surface area contributed by atoms with E-state index in [4.69, 9.17) is 18.9 Å². The van der Waals surface area contributed by atoms with Crippen molar-refractivity contribution in [3.63, 3.8) is 0 Å². The maximum atomic E-state index is 5.74. The zero-order chi connectivity index (χ0) is 16.0. The molecule has 0 radical (unpaired) electrons. The van der Waals surface area contributed by atoms with Crippen molar-refractivity contribution in [3.05, 3.63) is 23.8 Å². The highest BCUT2D eigenvalue weighted by molar-refractivity contribution is 5.40. The van der Waals surface area contributed by atoms with Gasteiger partial charge in [-0.05, 0) is 38.3 Å². The average molecular weight is 310 g/mol. The molecule has 0 amide bonds. The minimum absolute atomic E-state index is 0.261. The van der Waals surface area contributed by atoms with Gasteiger partial charge in [0.2, 0.25) is 0 Å². The molecule has 0 unspecified atom stereocenters. The first-order valence-corrected chi connectivity index (χ1v) is 8.35. The van der Waals surface area contributed by atoms with Crippen molar-refractivity contribution in [2.75, 3.05) is 26.8 Å². The molecule has 1 rings (SSSR count). The van der Waals surface area contributed by atoms with E-state index >= 15 is 0 Å². The third-order valence-electron chi connectivity index (χ3n) is 3.35. The molecule has 1 aromatic rings. The summed E-state index contributed by atoms with van der Waals surface area (Å²) in [4.78, 5) is 0. The predicted molar refractivity (Wildman–Crippen MR) is 88.5 cm³/mol. The molecule has 0 aliphatic heterocycles. The van der Waals surface area contributed by atoms with Crippen molar-refractivity contribution in [1.29, 1.82) is 0 Å². The van der Waals surface area contributed by atoms with Crippen LogP contribution in [0.25, 0.3) is 0 Å². The van der Waals surface area contributed by atoms with E-state index in [0.717, 1.165) is 17.9 Å². The summed E-state index contributed by atoms with van der Waals surface area (Å²) in [5.74, 6) is 1.61. The molecule has 0 spiro atoms. The normalized spacial score (nSPS) is 10.7. The molecule has 1 aromatic carbocycles. The predicted octanol–water partition coefficient (Wildman–Crippen LogP) is 4.56. The van der Waals surface area contributed by atoms with Crippen LogP contribution in [0.15, 0.2) is 18.2 Å². The van der Waals surface area contributed by atoms with Crippen LogP contribution >= 0.6 is 0 Å². The lowest BCUT2D eigenvalue weighted by atomic mass is 10.1. The van der Waals surface area contributed by atoms with Crippen LogP contribution in [0.3, 0.4) is 0 Å². The lowest BCUT2D eigenvalue weighted by molar-refractivity contribution is 0.0178. The van der Waals surface area contributed by atoms with Crippen molar-refractivity contribution >= 4 is 0 Å².